The Morgan fingerprint density at radius 2 is 1.81 bits per heavy atom. The van der Waals surface area contributed by atoms with Crippen LogP contribution in [0.1, 0.15) is 47.1 Å². The highest BCUT2D eigenvalue weighted by Gasteiger charge is 2.22. The second-order valence-corrected chi connectivity index (χ2v) is 6.65. The number of aromatic nitrogens is 2. The van der Waals surface area contributed by atoms with E-state index in [9.17, 15) is 4.79 Å². The van der Waals surface area contributed by atoms with Gasteiger partial charge in [0, 0.05) is 0 Å². The molecule has 134 valence electrons. The maximum Gasteiger partial charge on any atom is 0.256 e. The number of carbonyl (C=O) groups excluding carboxylic acids is 1. The average Bonchev–Trinajstić information content (AvgIpc) is 2.96. The fourth-order valence-corrected chi connectivity index (χ4v) is 3.25. The first-order chi connectivity index (χ1) is 12.5. The minimum absolute atomic E-state index is 0.121. The van der Waals surface area contributed by atoms with Gasteiger partial charge in [0.15, 0.2) is 0 Å². The molecule has 1 heterocycles. The van der Waals surface area contributed by atoms with Gasteiger partial charge in [-0.05, 0) is 43.5 Å². The van der Waals surface area contributed by atoms with Gasteiger partial charge in [-0.3, -0.25) is 4.79 Å². The SMILES string of the molecule is CCc1ccc(C(C)NC(=O)c2c(C)nn(-c3ccccc3)c2Cl)cc1. The van der Waals surface area contributed by atoms with E-state index in [0.29, 0.717) is 16.4 Å². The molecule has 1 atom stereocenters. The number of para-hydroxylation sites is 1. The third-order valence-electron chi connectivity index (χ3n) is 4.47. The zero-order valence-corrected chi connectivity index (χ0v) is 15.9. The number of nitrogens with zero attached hydrogens (tertiary/aromatic N) is 2. The molecule has 0 aliphatic rings. The number of amides is 1. The van der Waals surface area contributed by atoms with Crippen LogP contribution in [0.2, 0.25) is 5.15 Å². The zero-order chi connectivity index (χ0) is 18.7. The first-order valence-corrected chi connectivity index (χ1v) is 9.09. The van der Waals surface area contributed by atoms with Crippen molar-refractivity contribution in [1.82, 2.24) is 15.1 Å². The molecule has 0 aliphatic heterocycles. The van der Waals surface area contributed by atoms with E-state index >= 15 is 0 Å². The number of aryl methyl sites for hydroxylation is 2. The summed E-state index contributed by atoms with van der Waals surface area (Å²) in [7, 11) is 0. The number of hydrogen-bond donors (Lipinski definition) is 1. The predicted molar refractivity (Wildman–Crippen MR) is 105 cm³/mol. The normalized spacial score (nSPS) is 12.0. The molecule has 5 heteroatoms. The van der Waals surface area contributed by atoms with Gasteiger partial charge in [0.1, 0.15) is 5.15 Å². The van der Waals surface area contributed by atoms with Crippen LogP contribution in [0.15, 0.2) is 54.6 Å². The van der Waals surface area contributed by atoms with Crippen molar-refractivity contribution < 1.29 is 4.79 Å². The number of rotatable bonds is 5. The Morgan fingerprint density at radius 1 is 1.15 bits per heavy atom. The van der Waals surface area contributed by atoms with Gasteiger partial charge in [-0.2, -0.15) is 5.10 Å². The van der Waals surface area contributed by atoms with Gasteiger partial charge < -0.3 is 5.32 Å². The lowest BCUT2D eigenvalue weighted by molar-refractivity contribution is 0.0939. The molecule has 1 aromatic heterocycles. The summed E-state index contributed by atoms with van der Waals surface area (Å²) in [5.74, 6) is -0.221. The van der Waals surface area contributed by atoms with Gasteiger partial charge in [-0.15, -0.1) is 0 Å². The second kappa shape index (κ2) is 7.75. The first-order valence-electron chi connectivity index (χ1n) is 8.71. The summed E-state index contributed by atoms with van der Waals surface area (Å²) >= 11 is 6.47. The van der Waals surface area contributed by atoms with Crippen LogP contribution in [-0.2, 0) is 6.42 Å². The van der Waals surface area contributed by atoms with E-state index in [4.69, 9.17) is 11.6 Å². The minimum atomic E-state index is -0.221. The molecule has 0 bridgehead atoms. The largest absolute Gasteiger partial charge is 0.345 e. The molecule has 2 aromatic carbocycles. The number of nitrogens with one attached hydrogen (secondary N) is 1. The van der Waals surface area contributed by atoms with Crippen LogP contribution in [0.25, 0.3) is 5.69 Å². The highest BCUT2D eigenvalue weighted by molar-refractivity contribution is 6.33. The van der Waals surface area contributed by atoms with E-state index < -0.39 is 0 Å². The molecule has 1 unspecified atom stereocenters. The summed E-state index contributed by atoms with van der Waals surface area (Å²) in [4.78, 5) is 12.8. The lowest BCUT2D eigenvalue weighted by atomic mass is 10.0. The number of carbonyl (C=O) groups is 1. The predicted octanol–water partition coefficient (Wildman–Crippen LogP) is 4.89. The molecule has 0 saturated carbocycles. The van der Waals surface area contributed by atoms with Gasteiger partial charge >= 0.3 is 0 Å². The van der Waals surface area contributed by atoms with Crippen molar-refractivity contribution in [2.75, 3.05) is 0 Å². The lowest BCUT2D eigenvalue weighted by Gasteiger charge is -2.15. The summed E-state index contributed by atoms with van der Waals surface area (Å²) < 4.78 is 1.59. The van der Waals surface area contributed by atoms with Crippen molar-refractivity contribution >= 4 is 17.5 Å². The van der Waals surface area contributed by atoms with Crippen molar-refractivity contribution in [1.29, 1.82) is 0 Å². The summed E-state index contributed by atoms with van der Waals surface area (Å²) in [6, 6.07) is 17.7. The zero-order valence-electron chi connectivity index (χ0n) is 15.2. The summed E-state index contributed by atoms with van der Waals surface area (Å²) in [5, 5.41) is 7.77. The Bertz CT molecular complexity index is 901. The first kappa shape index (κ1) is 18.2. The molecule has 0 aliphatic carbocycles. The molecule has 0 saturated heterocycles. The van der Waals surface area contributed by atoms with Crippen LogP contribution < -0.4 is 5.32 Å². The standard InChI is InChI=1S/C21H22ClN3O/c1-4-16-10-12-17(13-11-16)14(2)23-21(26)19-15(3)24-25(20(19)22)18-8-6-5-7-9-18/h5-14H,4H2,1-3H3,(H,23,26). The van der Waals surface area contributed by atoms with Crippen LogP contribution >= 0.6 is 11.6 Å². The van der Waals surface area contributed by atoms with Crippen molar-refractivity contribution in [2.45, 2.75) is 33.2 Å². The molecule has 0 spiro atoms. The van der Waals surface area contributed by atoms with E-state index in [1.54, 1.807) is 11.6 Å². The fraction of sp³-hybridized carbons (Fsp3) is 0.238. The maximum atomic E-state index is 12.8. The van der Waals surface area contributed by atoms with Gasteiger partial charge in [0.25, 0.3) is 5.91 Å². The molecule has 3 rings (SSSR count). The molecular weight excluding hydrogens is 346 g/mol. The van der Waals surface area contributed by atoms with Gasteiger partial charge in [0.05, 0.1) is 23.0 Å². The molecule has 3 aromatic rings. The molecule has 0 radical (unpaired) electrons. The quantitative estimate of drug-likeness (QED) is 0.698. The fourth-order valence-electron chi connectivity index (χ4n) is 2.89. The van der Waals surface area contributed by atoms with Crippen LogP contribution in [0.4, 0.5) is 0 Å². The highest BCUT2D eigenvalue weighted by Crippen LogP contribution is 2.24. The maximum absolute atomic E-state index is 12.8. The molecule has 26 heavy (non-hydrogen) atoms. The van der Waals surface area contributed by atoms with E-state index in [0.717, 1.165) is 17.7 Å². The van der Waals surface area contributed by atoms with Crippen LogP contribution in [0.3, 0.4) is 0 Å². The number of hydrogen-bond acceptors (Lipinski definition) is 2. The van der Waals surface area contributed by atoms with Crippen molar-refractivity contribution in [3.05, 3.63) is 82.1 Å². The minimum Gasteiger partial charge on any atom is -0.345 e. The van der Waals surface area contributed by atoms with Crippen molar-refractivity contribution in [2.24, 2.45) is 0 Å². The Hall–Kier alpha value is -2.59. The van der Waals surface area contributed by atoms with Gasteiger partial charge in [-0.25, -0.2) is 4.68 Å². The third-order valence-corrected chi connectivity index (χ3v) is 4.82. The Balaban J connectivity index is 1.82. The van der Waals surface area contributed by atoms with E-state index in [-0.39, 0.29) is 11.9 Å². The molecule has 1 N–H and O–H groups in total. The second-order valence-electron chi connectivity index (χ2n) is 6.29. The molecule has 0 fully saturated rings. The van der Waals surface area contributed by atoms with Crippen molar-refractivity contribution in [3.8, 4) is 5.69 Å². The van der Waals surface area contributed by atoms with E-state index in [1.165, 1.54) is 5.56 Å². The third kappa shape index (κ3) is 3.65. The molecular formula is C21H22ClN3O. The summed E-state index contributed by atoms with van der Waals surface area (Å²) in [6.07, 6.45) is 0.995. The highest BCUT2D eigenvalue weighted by atomic mass is 35.5. The average molecular weight is 368 g/mol. The smallest absolute Gasteiger partial charge is 0.256 e. The number of halogens is 1. The molecule has 1 amide bonds. The Kier molecular flexibility index (Phi) is 5.43. The lowest BCUT2D eigenvalue weighted by Crippen LogP contribution is -2.27. The Morgan fingerprint density at radius 3 is 2.42 bits per heavy atom. The van der Waals surface area contributed by atoms with E-state index in [1.807, 2.05) is 49.4 Å². The van der Waals surface area contributed by atoms with Crippen LogP contribution in [-0.4, -0.2) is 15.7 Å². The van der Waals surface area contributed by atoms with Crippen LogP contribution in [0, 0.1) is 6.92 Å². The summed E-state index contributed by atoms with van der Waals surface area (Å²) in [5.41, 5.74) is 4.16. The topological polar surface area (TPSA) is 46.9 Å². The number of benzene rings is 2. The van der Waals surface area contributed by atoms with Crippen LogP contribution in [0.5, 0.6) is 0 Å². The van der Waals surface area contributed by atoms with Crippen molar-refractivity contribution in [3.63, 3.8) is 0 Å². The molecule has 4 nitrogen and oxygen atoms in total. The van der Waals surface area contributed by atoms with E-state index in [2.05, 4.69) is 29.5 Å². The van der Waals surface area contributed by atoms with Gasteiger partial charge in [-0.1, -0.05) is 61.0 Å². The Labute approximate surface area is 158 Å². The van der Waals surface area contributed by atoms with Gasteiger partial charge in [0.2, 0.25) is 0 Å². The monoisotopic (exact) mass is 367 g/mol. The summed E-state index contributed by atoms with van der Waals surface area (Å²) in [6.45, 7) is 5.88.